The molecule has 4 nitrogen and oxygen atoms in total. The van der Waals surface area contributed by atoms with Crippen molar-refractivity contribution in [2.45, 2.75) is 18.9 Å². The molecule has 3 heterocycles. The largest absolute Gasteiger partial charge is 0.489 e. The van der Waals surface area contributed by atoms with Gasteiger partial charge in [0.1, 0.15) is 12.4 Å². The molecule has 0 aliphatic carbocycles. The van der Waals surface area contributed by atoms with Crippen LogP contribution < -0.4 is 10.1 Å². The molecule has 0 aromatic heterocycles. The highest BCUT2D eigenvalue weighted by atomic mass is 35.5. The zero-order valence-electron chi connectivity index (χ0n) is 12.3. The van der Waals surface area contributed by atoms with Gasteiger partial charge < -0.3 is 15.0 Å². The first kappa shape index (κ1) is 14.1. The highest BCUT2D eigenvalue weighted by molar-refractivity contribution is 6.49. The Hall–Kier alpha value is -1.52. The van der Waals surface area contributed by atoms with E-state index in [1.54, 1.807) is 6.07 Å². The molecule has 1 unspecified atom stereocenters. The Kier molecular flexibility index (Phi) is 3.59. The Morgan fingerprint density at radius 3 is 3.14 bits per heavy atom. The topological polar surface area (TPSA) is 41.6 Å². The van der Waals surface area contributed by atoms with Gasteiger partial charge in [0.05, 0.1) is 5.03 Å². The summed E-state index contributed by atoms with van der Waals surface area (Å²) >= 11 is 6.20. The molecule has 3 aliphatic rings. The van der Waals surface area contributed by atoms with Gasteiger partial charge in [-0.15, -0.1) is 0 Å². The average Bonchev–Trinajstić information content (AvgIpc) is 2.86. The molecule has 2 fully saturated rings. The van der Waals surface area contributed by atoms with Crippen molar-refractivity contribution in [3.05, 3.63) is 35.4 Å². The normalized spacial score (nSPS) is 29.3. The number of fused-ring (bicyclic) bond motifs is 3. The first-order chi connectivity index (χ1) is 10.7. The molecule has 4 rings (SSSR count). The van der Waals surface area contributed by atoms with Crippen molar-refractivity contribution < 1.29 is 9.53 Å². The fourth-order valence-electron chi connectivity index (χ4n) is 3.73. The number of nitrogens with zero attached hydrogens (tertiary/aromatic N) is 1. The highest BCUT2D eigenvalue weighted by Crippen LogP contribution is 2.33. The van der Waals surface area contributed by atoms with E-state index in [9.17, 15) is 4.79 Å². The van der Waals surface area contributed by atoms with Crippen molar-refractivity contribution in [3.63, 3.8) is 0 Å². The number of hydrogen-bond acceptors (Lipinski definition) is 3. The van der Waals surface area contributed by atoms with Gasteiger partial charge in [-0.25, -0.2) is 0 Å². The molecule has 0 spiro atoms. The summed E-state index contributed by atoms with van der Waals surface area (Å²) in [6.07, 6.45) is 4.18. The lowest BCUT2D eigenvalue weighted by atomic mass is 9.96. The summed E-state index contributed by atoms with van der Waals surface area (Å²) in [6.45, 7) is 3.82. The van der Waals surface area contributed by atoms with Crippen molar-refractivity contribution in [2.75, 3.05) is 26.2 Å². The number of amides is 1. The van der Waals surface area contributed by atoms with Crippen LogP contribution in [0.25, 0.3) is 5.03 Å². The molecule has 2 saturated heterocycles. The molecule has 3 aliphatic heterocycles. The Morgan fingerprint density at radius 2 is 2.27 bits per heavy atom. The monoisotopic (exact) mass is 318 g/mol. The molecule has 2 bridgehead atoms. The lowest BCUT2D eigenvalue weighted by molar-refractivity contribution is 0.0909. The number of ether oxygens (including phenoxy) is 1. The number of carbonyl (C=O) groups is 1. The maximum absolute atomic E-state index is 12.5. The van der Waals surface area contributed by atoms with Crippen molar-refractivity contribution in [3.8, 4) is 5.75 Å². The zero-order valence-corrected chi connectivity index (χ0v) is 13.1. The summed E-state index contributed by atoms with van der Waals surface area (Å²) < 4.78 is 5.52. The number of hydrogen-bond donors (Lipinski definition) is 1. The van der Waals surface area contributed by atoms with Crippen LogP contribution in [0, 0.1) is 5.92 Å². The summed E-state index contributed by atoms with van der Waals surface area (Å²) in [5.41, 5.74) is 1.44. The minimum atomic E-state index is -0.0228. The molecule has 0 radical (unpaired) electrons. The molecule has 3 atom stereocenters. The van der Waals surface area contributed by atoms with E-state index < -0.39 is 0 Å². The van der Waals surface area contributed by atoms with Crippen LogP contribution in [0.15, 0.2) is 24.3 Å². The lowest BCUT2D eigenvalue weighted by Crippen LogP contribution is -2.47. The van der Waals surface area contributed by atoms with E-state index in [0.717, 1.165) is 30.2 Å². The molecule has 5 heteroatoms. The van der Waals surface area contributed by atoms with Gasteiger partial charge >= 0.3 is 0 Å². The van der Waals surface area contributed by atoms with Gasteiger partial charge in [0, 0.05) is 30.3 Å². The quantitative estimate of drug-likeness (QED) is 0.911. The van der Waals surface area contributed by atoms with Crippen LogP contribution in [-0.4, -0.2) is 43.1 Å². The predicted octanol–water partition coefficient (Wildman–Crippen LogP) is 2.48. The van der Waals surface area contributed by atoms with Crippen LogP contribution in [0.5, 0.6) is 5.75 Å². The first-order valence-electron chi connectivity index (χ1n) is 7.85. The van der Waals surface area contributed by atoms with E-state index in [4.69, 9.17) is 16.3 Å². The summed E-state index contributed by atoms with van der Waals surface area (Å²) in [7, 11) is 0. The summed E-state index contributed by atoms with van der Waals surface area (Å²) in [6, 6.07) is 5.71. The second kappa shape index (κ2) is 5.60. The van der Waals surface area contributed by atoms with E-state index in [2.05, 4.69) is 10.2 Å². The van der Waals surface area contributed by atoms with E-state index in [1.165, 1.54) is 19.5 Å². The molecule has 1 aromatic rings. The van der Waals surface area contributed by atoms with Crippen molar-refractivity contribution in [1.29, 1.82) is 0 Å². The maximum atomic E-state index is 12.5. The van der Waals surface area contributed by atoms with Gasteiger partial charge in [-0.2, -0.15) is 0 Å². The minimum Gasteiger partial charge on any atom is -0.489 e. The Bertz CT molecular complexity index is 632. The van der Waals surface area contributed by atoms with Crippen molar-refractivity contribution in [1.82, 2.24) is 10.2 Å². The van der Waals surface area contributed by atoms with Crippen LogP contribution in [0.3, 0.4) is 0 Å². The van der Waals surface area contributed by atoms with E-state index >= 15 is 0 Å². The summed E-state index contributed by atoms with van der Waals surface area (Å²) in [5.74, 6) is 1.46. The predicted molar refractivity (Wildman–Crippen MR) is 86.2 cm³/mol. The van der Waals surface area contributed by atoms with Gasteiger partial charge in [0.25, 0.3) is 5.91 Å². The number of rotatable bonds is 2. The standard InChI is InChI=1S/C17H19ClN2O2/c18-15-4-6-22-16-2-1-12(8-14(15)16)17(21)19-13-7-11-3-5-20(9-11)10-13/h1-2,4,8,11,13H,3,5-7,9-10H2,(H,19,21)/t11-,13-/m1/s1. The van der Waals surface area contributed by atoms with Crippen LogP contribution >= 0.6 is 11.6 Å². The lowest BCUT2D eigenvalue weighted by Gasteiger charge is -2.30. The number of piperidine rings is 1. The molecule has 1 amide bonds. The first-order valence-corrected chi connectivity index (χ1v) is 8.23. The Balaban J connectivity index is 1.49. The van der Waals surface area contributed by atoms with Gasteiger partial charge in [-0.1, -0.05) is 11.6 Å². The third-order valence-electron chi connectivity index (χ3n) is 4.80. The molecule has 1 N–H and O–H groups in total. The second-order valence-electron chi connectivity index (χ2n) is 6.39. The Morgan fingerprint density at radius 1 is 1.36 bits per heavy atom. The fraction of sp³-hybridized carbons (Fsp3) is 0.471. The SMILES string of the molecule is O=C(N[C@@H]1C[C@H]2CCN(C2)C1)c1ccc2c(c1)C(Cl)=CCO2. The van der Waals surface area contributed by atoms with Gasteiger partial charge in [-0.3, -0.25) is 4.79 Å². The van der Waals surface area contributed by atoms with Gasteiger partial charge in [0.15, 0.2) is 0 Å². The molecule has 22 heavy (non-hydrogen) atoms. The zero-order chi connectivity index (χ0) is 15.1. The molecule has 116 valence electrons. The molecular formula is C17H19ClN2O2. The number of benzene rings is 1. The molecular weight excluding hydrogens is 300 g/mol. The average molecular weight is 319 g/mol. The number of halogens is 1. The van der Waals surface area contributed by atoms with Crippen LogP contribution in [-0.2, 0) is 0 Å². The number of carbonyl (C=O) groups excluding carboxylic acids is 1. The van der Waals surface area contributed by atoms with Gasteiger partial charge in [0.2, 0.25) is 0 Å². The Labute approximate surface area is 135 Å². The van der Waals surface area contributed by atoms with E-state index in [1.807, 2.05) is 18.2 Å². The fourth-order valence-corrected chi connectivity index (χ4v) is 3.94. The van der Waals surface area contributed by atoms with Crippen molar-refractivity contribution in [2.24, 2.45) is 5.92 Å². The highest BCUT2D eigenvalue weighted by Gasteiger charge is 2.33. The van der Waals surface area contributed by atoms with E-state index in [0.29, 0.717) is 17.2 Å². The molecule has 0 saturated carbocycles. The third kappa shape index (κ3) is 2.61. The third-order valence-corrected chi connectivity index (χ3v) is 5.16. The minimum absolute atomic E-state index is 0.0228. The summed E-state index contributed by atoms with van der Waals surface area (Å²) in [5, 5.41) is 3.82. The summed E-state index contributed by atoms with van der Waals surface area (Å²) in [4.78, 5) is 14.9. The maximum Gasteiger partial charge on any atom is 0.251 e. The van der Waals surface area contributed by atoms with Crippen LogP contribution in [0.1, 0.15) is 28.8 Å². The van der Waals surface area contributed by atoms with Crippen LogP contribution in [0.2, 0.25) is 0 Å². The van der Waals surface area contributed by atoms with E-state index in [-0.39, 0.29) is 11.9 Å². The van der Waals surface area contributed by atoms with Gasteiger partial charge in [-0.05, 0) is 49.6 Å². The van der Waals surface area contributed by atoms with Crippen LogP contribution in [0.4, 0.5) is 0 Å². The van der Waals surface area contributed by atoms with Crippen molar-refractivity contribution >= 4 is 22.5 Å². The smallest absolute Gasteiger partial charge is 0.251 e. The second-order valence-corrected chi connectivity index (χ2v) is 6.80. The number of nitrogens with one attached hydrogen (secondary N) is 1. The molecule has 1 aromatic carbocycles.